The predicted octanol–water partition coefficient (Wildman–Crippen LogP) is 2.79. The Morgan fingerprint density at radius 1 is 1.20 bits per heavy atom. The third-order valence-electron chi connectivity index (χ3n) is 3.08. The van der Waals surface area contributed by atoms with E-state index < -0.39 is 28.8 Å². The van der Waals surface area contributed by atoms with Gasteiger partial charge in [-0.15, -0.1) is 0 Å². The van der Waals surface area contributed by atoms with E-state index in [1.807, 2.05) is 0 Å². The highest BCUT2D eigenvalue weighted by Gasteiger charge is 2.36. The molecule has 0 heterocycles. The van der Waals surface area contributed by atoms with E-state index >= 15 is 0 Å². The van der Waals surface area contributed by atoms with Gasteiger partial charge in [0.2, 0.25) is 5.91 Å². The highest BCUT2D eigenvalue weighted by molar-refractivity contribution is 5.96. The summed E-state index contributed by atoms with van der Waals surface area (Å²) in [6.07, 6.45) is -3.91. The first kappa shape index (κ1) is 20.1. The molecule has 1 aromatic carbocycles. The lowest BCUT2D eigenvalue weighted by Gasteiger charge is -2.20. The molecule has 0 radical (unpaired) electrons. The fourth-order valence-corrected chi connectivity index (χ4v) is 1.78. The fraction of sp³-hybridized carbons (Fsp3) is 0.333. The van der Waals surface area contributed by atoms with Crippen LogP contribution in [-0.4, -0.2) is 28.8 Å². The topological polar surface area (TPSA) is 101 Å². The Hall–Kier alpha value is -2.91. The van der Waals surface area contributed by atoms with Crippen LogP contribution < -0.4 is 10.6 Å². The Balaban J connectivity index is 2.75. The molecule has 1 aromatic rings. The molecule has 25 heavy (non-hydrogen) atoms. The number of nitrogens with one attached hydrogen (secondary N) is 2. The van der Waals surface area contributed by atoms with Crippen molar-refractivity contribution >= 4 is 23.1 Å². The number of non-ortho nitro benzene ring substituents is 1. The minimum atomic E-state index is -4.98. The van der Waals surface area contributed by atoms with Gasteiger partial charge in [-0.05, 0) is 18.1 Å². The highest BCUT2D eigenvalue weighted by Crippen LogP contribution is 2.17. The standard InChI is InChI=1S/C15H16F3N3O4/c1-9(2)13(19-8-7-12(22)15(16,17)18)14(23)20-10-3-5-11(6-4-10)21(24)25/h3-9,13,19H,1-2H3,(H,20,23)/b8-7+. The molecule has 1 amide bonds. The summed E-state index contributed by atoms with van der Waals surface area (Å²) >= 11 is 0. The molecule has 0 saturated heterocycles. The number of allylic oxidation sites excluding steroid dienone is 1. The van der Waals surface area contributed by atoms with Gasteiger partial charge in [0.25, 0.3) is 11.5 Å². The zero-order chi connectivity index (χ0) is 19.2. The first-order valence-corrected chi connectivity index (χ1v) is 7.11. The number of nitro groups is 1. The molecule has 0 bridgehead atoms. The van der Waals surface area contributed by atoms with Crippen molar-refractivity contribution in [3.63, 3.8) is 0 Å². The molecule has 0 aliphatic rings. The van der Waals surface area contributed by atoms with Gasteiger partial charge in [-0.3, -0.25) is 19.7 Å². The van der Waals surface area contributed by atoms with Crippen LogP contribution >= 0.6 is 0 Å². The number of rotatable bonds is 7. The minimum absolute atomic E-state index is 0.148. The molecular formula is C15H16F3N3O4. The summed E-state index contributed by atoms with van der Waals surface area (Å²) in [4.78, 5) is 32.9. The maximum Gasteiger partial charge on any atom is 0.454 e. The van der Waals surface area contributed by atoms with Crippen molar-refractivity contribution in [2.24, 2.45) is 5.92 Å². The lowest BCUT2D eigenvalue weighted by Crippen LogP contribution is -2.42. The fourth-order valence-electron chi connectivity index (χ4n) is 1.78. The third-order valence-corrected chi connectivity index (χ3v) is 3.08. The maximum absolute atomic E-state index is 12.2. The second-order valence-corrected chi connectivity index (χ2v) is 5.38. The van der Waals surface area contributed by atoms with Crippen molar-refractivity contribution in [3.05, 3.63) is 46.7 Å². The molecule has 0 fully saturated rings. The van der Waals surface area contributed by atoms with Crippen molar-refractivity contribution < 1.29 is 27.7 Å². The molecule has 0 aliphatic heterocycles. The molecule has 0 aliphatic carbocycles. The highest BCUT2D eigenvalue weighted by atomic mass is 19.4. The number of nitro benzene ring substituents is 1. The van der Waals surface area contributed by atoms with Crippen LogP contribution in [0.3, 0.4) is 0 Å². The number of nitrogens with zero attached hydrogens (tertiary/aromatic N) is 1. The van der Waals surface area contributed by atoms with E-state index in [-0.39, 0.29) is 11.6 Å². The number of hydrogen-bond donors (Lipinski definition) is 2. The van der Waals surface area contributed by atoms with Crippen molar-refractivity contribution in [1.29, 1.82) is 0 Å². The van der Waals surface area contributed by atoms with E-state index in [2.05, 4.69) is 10.6 Å². The minimum Gasteiger partial charge on any atom is -0.379 e. The molecule has 1 atom stereocenters. The average molecular weight is 359 g/mol. The summed E-state index contributed by atoms with van der Waals surface area (Å²) in [5, 5.41) is 15.5. The normalized spacial score (nSPS) is 12.9. The summed E-state index contributed by atoms with van der Waals surface area (Å²) in [5.74, 6) is -2.91. The van der Waals surface area contributed by atoms with Gasteiger partial charge >= 0.3 is 6.18 Å². The third kappa shape index (κ3) is 6.24. The van der Waals surface area contributed by atoms with Crippen LogP contribution in [0.1, 0.15) is 13.8 Å². The second-order valence-electron chi connectivity index (χ2n) is 5.38. The van der Waals surface area contributed by atoms with Gasteiger partial charge < -0.3 is 10.6 Å². The summed E-state index contributed by atoms with van der Waals surface area (Å²) < 4.78 is 36.3. The second kappa shape index (κ2) is 8.27. The molecule has 1 unspecified atom stereocenters. The van der Waals surface area contributed by atoms with Crippen LogP contribution in [-0.2, 0) is 9.59 Å². The zero-order valence-electron chi connectivity index (χ0n) is 13.3. The van der Waals surface area contributed by atoms with Gasteiger partial charge in [0, 0.05) is 30.1 Å². The number of hydrogen-bond acceptors (Lipinski definition) is 5. The first-order valence-electron chi connectivity index (χ1n) is 7.11. The van der Waals surface area contributed by atoms with E-state index in [1.54, 1.807) is 13.8 Å². The number of halogens is 3. The Kier molecular flexibility index (Phi) is 6.66. The molecule has 0 spiro atoms. The van der Waals surface area contributed by atoms with Crippen molar-refractivity contribution in [2.45, 2.75) is 26.1 Å². The van der Waals surface area contributed by atoms with Crippen LogP contribution in [0, 0.1) is 16.0 Å². The number of anilines is 1. The van der Waals surface area contributed by atoms with Crippen LogP contribution in [0.2, 0.25) is 0 Å². The van der Waals surface area contributed by atoms with Crippen molar-refractivity contribution in [1.82, 2.24) is 5.32 Å². The van der Waals surface area contributed by atoms with Crippen molar-refractivity contribution in [2.75, 3.05) is 5.32 Å². The Labute approximate surface area is 141 Å². The van der Waals surface area contributed by atoms with E-state index in [0.29, 0.717) is 11.8 Å². The monoisotopic (exact) mass is 359 g/mol. The molecular weight excluding hydrogens is 343 g/mol. The number of amides is 1. The van der Waals surface area contributed by atoms with Gasteiger partial charge in [0.05, 0.1) is 4.92 Å². The quantitative estimate of drug-likeness (QED) is 0.443. The molecule has 10 heteroatoms. The number of carbonyl (C=O) groups is 2. The maximum atomic E-state index is 12.2. The SMILES string of the molecule is CC(C)C(N/C=C/C(=O)C(F)(F)F)C(=O)Nc1ccc([N+](=O)[O-])cc1. The molecule has 1 rings (SSSR count). The van der Waals surface area contributed by atoms with Gasteiger partial charge in [-0.1, -0.05) is 13.8 Å². The summed E-state index contributed by atoms with van der Waals surface area (Å²) in [5.41, 5.74) is 0.142. The smallest absolute Gasteiger partial charge is 0.379 e. The molecule has 136 valence electrons. The number of carbonyl (C=O) groups excluding carboxylic acids is 2. The van der Waals surface area contributed by atoms with Crippen LogP contribution in [0.25, 0.3) is 0 Å². The lowest BCUT2D eigenvalue weighted by molar-refractivity contribution is -0.384. The molecule has 2 N–H and O–H groups in total. The Morgan fingerprint density at radius 3 is 2.20 bits per heavy atom. The molecule has 0 saturated carbocycles. The Bertz CT molecular complexity index is 670. The first-order chi connectivity index (χ1) is 11.5. The van der Waals surface area contributed by atoms with Crippen molar-refractivity contribution in [3.8, 4) is 0 Å². The Morgan fingerprint density at radius 2 is 1.76 bits per heavy atom. The summed E-state index contributed by atoms with van der Waals surface area (Å²) in [6.45, 7) is 3.32. The number of benzene rings is 1. The molecule has 0 aromatic heterocycles. The van der Waals surface area contributed by atoms with Gasteiger partial charge in [-0.25, -0.2) is 0 Å². The molecule has 7 nitrogen and oxygen atoms in total. The van der Waals surface area contributed by atoms with E-state index in [0.717, 1.165) is 6.20 Å². The number of alkyl halides is 3. The summed E-state index contributed by atoms with van der Waals surface area (Å²) in [7, 11) is 0. The lowest BCUT2D eigenvalue weighted by atomic mass is 10.0. The summed E-state index contributed by atoms with van der Waals surface area (Å²) in [6, 6.07) is 4.16. The van der Waals surface area contributed by atoms with Gasteiger partial charge in [0.15, 0.2) is 0 Å². The van der Waals surface area contributed by atoms with Gasteiger partial charge in [0.1, 0.15) is 6.04 Å². The van der Waals surface area contributed by atoms with E-state index in [4.69, 9.17) is 0 Å². The average Bonchev–Trinajstić information content (AvgIpc) is 2.50. The number of ketones is 1. The predicted molar refractivity (Wildman–Crippen MR) is 83.7 cm³/mol. The van der Waals surface area contributed by atoms with Crippen LogP contribution in [0.5, 0.6) is 0 Å². The van der Waals surface area contributed by atoms with E-state index in [9.17, 15) is 32.9 Å². The van der Waals surface area contributed by atoms with Gasteiger partial charge in [-0.2, -0.15) is 13.2 Å². The zero-order valence-corrected chi connectivity index (χ0v) is 13.3. The van der Waals surface area contributed by atoms with E-state index in [1.165, 1.54) is 24.3 Å². The largest absolute Gasteiger partial charge is 0.454 e. The van der Waals surface area contributed by atoms with Crippen LogP contribution in [0.15, 0.2) is 36.5 Å². The van der Waals surface area contributed by atoms with Crippen LogP contribution in [0.4, 0.5) is 24.5 Å².